The summed E-state index contributed by atoms with van der Waals surface area (Å²) in [5, 5.41) is 0.943. The highest BCUT2D eigenvalue weighted by molar-refractivity contribution is 6.18. The summed E-state index contributed by atoms with van der Waals surface area (Å²) in [5.41, 5.74) is 2.63. The zero-order valence-corrected chi connectivity index (χ0v) is 31.5. The van der Waals surface area contributed by atoms with E-state index in [1.54, 1.807) is 26.0 Å². The van der Waals surface area contributed by atoms with Crippen LogP contribution in [-0.4, -0.2) is 57.8 Å². The molecule has 4 rings (SSSR count). The quantitative estimate of drug-likeness (QED) is 0.114. The van der Waals surface area contributed by atoms with Crippen molar-refractivity contribution in [1.29, 1.82) is 0 Å². The Morgan fingerprint density at radius 3 is 2.16 bits per heavy atom. The fourth-order valence-corrected chi connectivity index (χ4v) is 7.61. The fraction of sp³-hybridized carbons (Fsp3) is 0.513. The molecule has 0 bridgehead atoms. The number of alkyl halides is 3. The first-order valence-electron chi connectivity index (χ1n) is 17.5. The minimum absolute atomic E-state index is 0.0329. The van der Waals surface area contributed by atoms with E-state index in [-0.39, 0.29) is 42.1 Å². The van der Waals surface area contributed by atoms with Gasteiger partial charge in [0.05, 0.1) is 34.0 Å². The smallest absolute Gasteiger partial charge is 0.416 e. The van der Waals surface area contributed by atoms with E-state index in [2.05, 4.69) is 20.5 Å². The fourth-order valence-electron chi connectivity index (χ4n) is 7.17. The summed E-state index contributed by atoms with van der Waals surface area (Å²) in [7, 11) is 3.61. The number of hydrogen-bond acceptors (Lipinski definition) is 5. The average molecular weight is 727 g/mol. The molecular weight excluding hydrogens is 679 g/mol. The van der Waals surface area contributed by atoms with Crippen molar-refractivity contribution in [1.82, 2.24) is 14.8 Å². The van der Waals surface area contributed by atoms with Crippen LogP contribution in [0.4, 0.5) is 17.6 Å². The Hall–Kier alpha value is -3.77. The number of nitrogens with one attached hydrogen (secondary N) is 1. The minimum Gasteiger partial charge on any atom is -0.466 e. The minimum atomic E-state index is -4.77. The number of amides is 1. The SMILES string of the molecule is CCOC(=O)C[C@@]([Si])(NC(=O)C(CC(C)C)n1cc(CCN2CCCC2)c(C(F)(F)F)cc1=O)c1cc(-c2c(C)cc(C)cc2C)cc(C)c1F. The molecule has 2 atom stereocenters. The summed E-state index contributed by atoms with van der Waals surface area (Å²) in [6.07, 6.45) is -2.10. The average Bonchev–Trinajstić information content (AvgIpc) is 3.53. The summed E-state index contributed by atoms with van der Waals surface area (Å²) >= 11 is 0. The molecule has 7 nitrogen and oxygen atoms in total. The lowest BCUT2D eigenvalue weighted by atomic mass is 9.89. The molecule has 3 radical (unpaired) electrons. The van der Waals surface area contributed by atoms with Crippen molar-refractivity contribution in [3.05, 3.63) is 91.6 Å². The third-order valence-electron chi connectivity index (χ3n) is 9.43. The Morgan fingerprint density at radius 2 is 1.59 bits per heavy atom. The van der Waals surface area contributed by atoms with Crippen LogP contribution >= 0.6 is 0 Å². The molecule has 1 N–H and O–H groups in total. The van der Waals surface area contributed by atoms with Gasteiger partial charge in [-0.05, 0) is 125 Å². The summed E-state index contributed by atoms with van der Waals surface area (Å²) in [6.45, 7) is 14.7. The molecule has 1 aliphatic rings. The van der Waals surface area contributed by atoms with Crippen LogP contribution in [0.1, 0.15) is 91.4 Å². The second kappa shape index (κ2) is 16.3. The number of ether oxygens (including phenoxy) is 1. The number of aromatic nitrogens is 1. The lowest BCUT2D eigenvalue weighted by molar-refractivity contribution is -0.144. The first kappa shape index (κ1) is 40.0. The van der Waals surface area contributed by atoms with E-state index in [9.17, 15) is 27.6 Å². The van der Waals surface area contributed by atoms with Gasteiger partial charge in [0.15, 0.2) is 0 Å². The number of hydrogen-bond donors (Lipinski definition) is 1. The van der Waals surface area contributed by atoms with Gasteiger partial charge in [-0.3, -0.25) is 14.4 Å². The molecule has 2 heterocycles. The van der Waals surface area contributed by atoms with Gasteiger partial charge in [0.25, 0.3) is 5.56 Å². The largest absolute Gasteiger partial charge is 0.466 e. The number of halogens is 4. The van der Waals surface area contributed by atoms with E-state index in [1.807, 2.05) is 46.8 Å². The molecule has 1 aliphatic heterocycles. The Balaban J connectivity index is 1.84. The molecule has 1 aromatic heterocycles. The van der Waals surface area contributed by atoms with Crippen molar-refractivity contribution < 1.29 is 31.9 Å². The van der Waals surface area contributed by atoms with Gasteiger partial charge in [-0.25, -0.2) is 4.39 Å². The van der Waals surface area contributed by atoms with Crippen molar-refractivity contribution >= 4 is 22.1 Å². The topological polar surface area (TPSA) is 80.6 Å². The Kier molecular flexibility index (Phi) is 12.8. The monoisotopic (exact) mass is 726 g/mol. The van der Waals surface area contributed by atoms with E-state index < -0.39 is 52.6 Å². The molecular formula is C39H48F4N3O4Si. The van der Waals surface area contributed by atoms with Gasteiger partial charge in [0.2, 0.25) is 5.91 Å². The number of esters is 1. The van der Waals surface area contributed by atoms with Gasteiger partial charge in [-0.2, -0.15) is 13.2 Å². The van der Waals surface area contributed by atoms with E-state index >= 15 is 4.39 Å². The number of pyridine rings is 1. The molecule has 1 saturated heterocycles. The lowest BCUT2D eigenvalue weighted by Crippen LogP contribution is -2.52. The first-order valence-corrected chi connectivity index (χ1v) is 18.0. The number of carbonyl (C=O) groups excluding carboxylic acids is 2. The molecule has 1 unspecified atom stereocenters. The van der Waals surface area contributed by atoms with Crippen molar-refractivity contribution in [2.75, 3.05) is 26.2 Å². The highest BCUT2D eigenvalue weighted by Crippen LogP contribution is 2.36. The van der Waals surface area contributed by atoms with Crippen LogP contribution in [0.5, 0.6) is 0 Å². The molecule has 0 saturated carbocycles. The molecule has 0 aliphatic carbocycles. The van der Waals surface area contributed by atoms with Crippen LogP contribution in [-0.2, 0) is 32.1 Å². The number of benzene rings is 2. The van der Waals surface area contributed by atoms with Crippen molar-refractivity contribution in [2.45, 2.75) is 98.0 Å². The summed E-state index contributed by atoms with van der Waals surface area (Å²) < 4.78 is 65.1. The Bertz CT molecular complexity index is 1790. The van der Waals surface area contributed by atoms with Crippen molar-refractivity contribution in [3.63, 3.8) is 0 Å². The summed E-state index contributed by atoms with van der Waals surface area (Å²) in [4.78, 5) is 43.0. The van der Waals surface area contributed by atoms with E-state index in [1.165, 1.54) is 0 Å². The Morgan fingerprint density at radius 1 is 0.961 bits per heavy atom. The molecule has 3 aromatic rings. The van der Waals surface area contributed by atoms with Gasteiger partial charge < -0.3 is 19.5 Å². The number of carbonyl (C=O) groups is 2. The molecule has 2 aromatic carbocycles. The molecule has 1 fully saturated rings. The number of aryl methyl sites for hydroxylation is 4. The third-order valence-corrected chi connectivity index (χ3v) is 10.0. The van der Waals surface area contributed by atoms with Crippen molar-refractivity contribution in [2.24, 2.45) is 5.92 Å². The first-order chi connectivity index (χ1) is 23.8. The van der Waals surface area contributed by atoms with Gasteiger partial charge in [0, 0.05) is 24.4 Å². The molecule has 275 valence electrons. The molecule has 1 amide bonds. The summed E-state index contributed by atoms with van der Waals surface area (Å²) in [6, 6.07) is 6.59. The third kappa shape index (κ3) is 9.57. The van der Waals surface area contributed by atoms with Crippen LogP contribution < -0.4 is 10.9 Å². The van der Waals surface area contributed by atoms with Crippen LogP contribution in [0.25, 0.3) is 11.1 Å². The maximum atomic E-state index is 16.3. The lowest BCUT2D eigenvalue weighted by Gasteiger charge is -2.34. The maximum Gasteiger partial charge on any atom is 0.416 e. The second-order valence-electron chi connectivity index (χ2n) is 14.2. The van der Waals surface area contributed by atoms with Gasteiger partial charge in [-0.1, -0.05) is 31.5 Å². The number of rotatable bonds is 13. The van der Waals surface area contributed by atoms with Crippen LogP contribution in [0, 0.1) is 39.4 Å². The van der Waals surface area contributed by atoms with E-state index in [0.717, 1.165) is 58.9 Å². The van der Waals surface area contributed by atoms with E-state index in [4.69, 9.17) is 4.74 Å². The van der Waals surface area contributed by atoms with E-state index in [0.29, 0.717) is 18.2 Å². The highest BCUT2D eigenvalue weighted by atomic mass is 28.1. The summed E-state index contributed by atoms with van der Waals surface area (Å²) in [5.74, 6) is -2.35. The molecule has 12 heteroatoms. The van der Waals surface area contributed by atoms with Crippen LogP contribution in [0.15, 0.2) is 41.3 Å². The van der Waals surface area contributed by atoms with Gasteiger partial charge >= 0.3 is 12.1 Å². The van der Waals surface area contributed by atoms with Crippen LogP contribution in [0.2, 0.25) is 0 Å². The number of nitrogens with zero attached hydrogens (tertiary/aromatic N) is 2. The normalized spacial score (nSPS) is 15.5. The predicted molar refractivity (Wildman–Crippen MR) is 191 cm³/mol. The molecule has 0 spiro atoms. The van der Waals surface area contributed by atoms with Gasteiger partial charge in [0.1, 0.15) is 11.9 Å². The zero-order valence-electron chi connectivity index (χ0n) is 30.5. The maximum absolute atomic E-state index is 16.3. The highest BCUT2D eigenvalue weighted by Gasteiger charge is 2.39. The zero-order chi connectivity index (χ0) is 37.8. The predicted octanol–water partition coefficient (Wildman–Crippen LogP) is 7.22. The standard InChI is InChI=1S/C39H48F4N3O4Si/c1-8-50-34(48)21-38(51,31-19-29(18-27(7)36(31)40)35-25(5)16-24(4)17-26(35)6)44-37(49)32(15-23(2)3)46-22-28(11-14-45-12-9-10-13-45)30(20-33(46)47)39(41,42)43/h16-20,22-23,32H,8-15,21H2,1-7H3,(H,44,49)/t32?,38-/m0/s1. The van der Waals surface area contributed by atoms with Gasteiger partial charge in [-0.15, -0.1) is 0 Å². The van der Waals surface area contributed by atoms with Crippen molar-refractivity contribution in [3.8, 4) is 11.1 Å². The molecule has 51 heavy (non-hydrogen) atoms. The second-order valence-corrected chi connectivity index (χ2v) is 15.1. The van der Waals surface area contributed by atoms with Crippen LogP contribution in [0.3, 0.4) is 0 Å². The number of likely N-dealkylation sites (tertiary alicyclic amines) is 1. The Labute approximate surface area is 301 Å².